The number of piperazine rings is 1. The zero-order valence-electron chi connectivity index (χ0n) is 22.2. The molecule has 8 nitrogen and oxygen atoms in total. The second-order valence-electron chi connectivity index (χ2n) is 9.99. The van der Waals surface area contributed by atoms with Gasteiger partial charge >= 0.3 is 12.1 Å². The third-order valence-corrected chi connectivity index (χ3v) is 8.43. The predicted molar refractivity (Wildman–Crippen MR) is 160 cm³/mol. The molecule has 0 aliphatic carbocycles. The Morgan fingerprint density at radius 3 is 2.34 bits per heavy atom. The lowest BCUT2D eigenvalue weighted by Gasteiger charge is -2.42. The Kier molecular flexibility index (Phi) is 9.22. The average Bonchev–Trinajstić information content (AvgIpc) is 2.99. The fourth-order valence-electron chi connectivity index (χ4n) is 5.17. The van der Waals surface area contributed by atoms with E-state index in [1.165, 1.54) is 4.90 Å². The average molecular weight is 616 g/mol. The number of nitrogens with one attached hydrogen (secondary N) is 1. The fraction of sp³-hybridized carbons (Fsp3) is 0.300. The Bertz CT molecular complexity index is 1430. The van der Waals surface area contributed by atoms with Gasteiger partial charge in [0.2, 0.25) is 5.91 Å². The van der Waals surface area contributed by atoms with E-state index >= 15 is 0 Å². The van der Waals surface area contributed by atoms with E-state index in [2.05, 4.69) is 5.32 Å². The number of carbonyl (C=O) groups excluding carboxylic acids is 3. The van der Waals surface area contributed by atoms with Crippen LogP contribution in [-0.4, -0.2) is 71.5 Å². The maximum Gasteiger partial charge on any atom is 0.410 e. The summed E-state index contributed by atoms with van der Waals surface area (Å²) in [6.07, 6.45) is 0.973. The Morgan fingerprint density at radius 2 is 1.61 bits per heavy atom. The molecule has 2 aliphatic heterocycles. The minimum absolute atomic E-state index is 0.0127. The van der Waals surface area contributed by atoms with Gasteiger partial charge in [-0.05, 0) is 42.7 Å². The molecule has 2 aliphatic rings. The number of rotatable bonds is 5. The third kappa shape index (κ3) is 6.89. The van der Waals surface area contributed by atoms with Gasteiger partial charge in [-0.3, -0.25) is 4.79 Å². The van der Waals surface area contributed by atoms with Crippen molar-refractivity contribution in [2.24, 2.45) is 0 Å². The van der Waals surface area contributed by atoms with Crippen molar-refractivity contribution in [3.05, 3.63) is 87.4 Å². The standard InChI is InChI=1S/C30H29Cl3N4O4/c31-21-9-10-26(24(17-21)23-7-4-8-25(32)28(23)33)34-29(39)36-15-16-37(27(38)18-36)22-11-13-35(14-12-22)30(40)41-19-20-5-2-1-3-6-20/h1-10,17,22H,11-16,18-19H2,(H,34,39). The van der Waals surface area contributed by atoms with Crippen molar-refractivity contribution in [1.29, 1.82) is 0 Å². The highest BCUT2D eigenvalue weighted by atomic mass is 35.5. The number of anilines is 1. The van der Waals surface area contributed by atoms with E-state index in [1.807, 2.05) is 35.2 Å². The molecule has 0 radical (unpaired) electrons. The number of amides is 4. The largest absolute Gasteiger partial charge is 0.445 e. The van der Waals surface area contributed by atoms with Crippen LogP contribution in [0, 0.1) is 0 Å². The van der Waals surface area contributed by atoms with Crippen LogP contribution in [0.3, 0.4) is 0 Å². The van der Waals surface area contributed by atoms with Gasteiger partial charge in [0, 0.05) is 48.4 Å². The van der Waals surface area contributed by atoms with Gasteiger partial charge in [0.15, 0.2) is 0 Å². The first-order valence-electron chi connectivity index (χ1n) is 13.3. The molecule has 4 amide bonds. The topological polar surface area (TPSA) is 82.2 Å². The first-order valence-corrected chi connectivity index (χ1v) is 14.5. The van der Waals surface area contributed by atoms with E-state index in [9.17, 15) is 14.4 Å². The molecule has 0 saturated carbocycles. The van der Waals surface area contributed by atoms with Gasteiger partial charge in [0.1, 0.15) is 13.2 Å². The normalized spacial score (nSPS) is 16.1. The van der Waals surface area contributed by atoms with Gasteiger partial charge in [-0.15, -0.1) is 0 Å². The summed E-state index contributed by atoms with van der Waals surface area (Å²) in [5.41, 5.74) is 2.69. The SMILES string of the molecule is O=C(Nc1ccc(Cl)cc1-c1cccc(Cl)c1Cl)N1CCN(C2CCN(C(=O)OCc3ccccc3)CC2)C(=O)C1. The van der Waals surface area contributed by atoms with E-state index in [0.29, 0.717) is 70.9 Å². The number of benzene rings is 3. The molecule has 3 aromatic carbocycles. The van der Waals surface area contributed by atoms with Crippen molar-refractivity contribution >= 4 is 58.5 Å². The highest BCUT2D eigenvalue weighted by Crippen LogP contribution is 2.38. The number of urea groups is 1. The molecule has 2 saturated heterocycles. The van der Waals surface area contributed by atoms with E-state index in [-0.39, 0.29) is 31.2 Å². The Hall–Kier alpha value is -3.46. The lowest BCUT2D eigenvalue weighted by atomic mass is 10.0. The van der Waals surface area contributed by atoms with Crippen molar-refractivity contribution in [3.63, 3.8) is 0 Å². The maximum absolute atomic E-state index is 13.2. The maximum atomic E-state index is 13.2. The van der Waals surface area contributed by atoms with Crippen molar-refractivity contribution in [2.45, 2.75) is 25.5 Å². The number of hydrogen-bond donors (Lipinski definition) is 1. The Labute approximate surface area is 253 Å². The summed E-state index contributed by atoms with van der Waals surface area (Å²) < 4.78 is 5.45. The Balaban J connectivity index is 1.15. The molecule has 11 heteroatoms. The summed E-state index contributed by atoms with van der Waals surface area (Å²) in [5, 5.41) is 4.13. The first kappa shape index (κ1) is 29.0. The number of ether oxygens (including phenoxy) is 1. The van der Waals surface area contributed by atoms with E-state index < -0.39 is 6.03 Å². The van der Waals surface area contributed by atoms with Gasteiger partial charge < -0.3 is 24.8 Å². The molecule has 41 heavy (non-hydrogen) atoms. The smallest absolute Gasteiger partial charge is 0.410 e. The molecule has 0 bridgehead atoms. The monoisotopic (exact) mass is 614 g/mol. The molecule has 214 valence electrons. The number of piperidine rings is 1. The first-order chi connectivity index (χ1) is 19.8. The van der Waals surface area contributed by atoms with Crippen LogP contribution in [0.15, 0.2) is 66.7 Å². The van der Waals surface area contributed by atoms with Crippen molar-refractivity contribution in [1.82, 2.24) is 14.7 Å². The number of nitrogens with zero attached hydrogens (tertiary/aromatic N) is 3. The number of likely N-dealkylation sites (tertiary alicyclic amines) is 1. The zero-order chi connectivity index (χ0) is 28.9. The molecule has 5 rings (SSSR count). The molecule has 0 aromatic heterocycles. The second kappa shape index (κ2) is 13.0. The minimum atomic E-state index is -0.393. The summed E-state index contributed by atoms with van der Waals surface area (Å²) in [6, 6.07) is 19.5. The van der Waals surface area contributed by atoms with E-state index in [0.717, 1.165) is 5.56 Å². The lowest BCUT2D eigenvalue weighted by molar-refractivity contribution is -0.138. The molecule has 2 heterocycles. The van der Waals surface area contributed by atoms with Crippen molar-refractivity contribution in [3.8, 4) is 11.1 Å². The fourth-order valence-corrected chi connectivity index (χ4v) is 5.75. The van der Waals surface area contributed by atoms with Crippen LogP contribution >= 0.6 is 34.8 Å². The predicted octanol–water partition coefficient (Wildman–Crippen LogP) is 6.79. The summed E-state index contributed by atoms with van der Waals surface area (Å²) >= 11 is 18.9. The van der Waals surface area contributed by atoms with Crippen LogP contribution in [0.4, 0.5) is 15.3 Å². The van der Waals surface area contributed by atoms with Gasteiger partial charge in [-0.25, -0.2) is 9.59 Å². The molecule has 1 N–H and O–H groups in total. The molecular formula is C30H29Cl3N4O4. The molecular weight excluding hydrogens is 587 g/mol. The molecule has 0 unspecified atom stereocenters. The van der Waals surface area contributed by atoms with E-state index in [1.54, 1.807) is 41.3 Å². The van der Waals surface area contributed by atoms with E-state index in [4.69, 9.17) is 39.5 Å². The van der Waals surface area contributed by atoms with Gasteiger partial charge in [0.05, 0.1) is 15.7 Å². The lowest BCUT2D eigenvalue weighted by Crippen LogP contribution is -2.58. The molecule has 2 fully saturated rings. The van der Waals surface area contributed by atoms with Crippen LogP contribution in [0.25, 0.3) is 11.1 Å². The molecule has 0 atom stereocenters. The van der Waals surface area contributed by atoms with Crippen LogP contribution in [0.5, 0.6) is 0 Å². The van der Waals surface area contributed by atoms with Gasteiger partial charge in [0.25, 0.3) is 0 Å². The van der Waals surface area contributed by atoms with Crippen LogP contribution in [-0.2, 0) is 16.1 Å². The molecule has 3 aromatic rings. The highest BCUT2D eigenvalue weighted by Gasteiger charge is 2.34. The van der Waals surface area contributed by atoms with Crippen molar-refractivity contribution in [2.75, 3.05) is 38.0 Å². The van der Waals surface area contributed by atoms with Crippen LogP contribution < -0.4 is 5.32 Å². The van der Waals surface area contributed by atoms with Gasteiger partial charge in [-0.1, -0.05) is 77.3 Å². The van der Waals surface area contributed by atoms with Crippen LogP contribution in [0.2, 0.25) is 15.1 Å². The molecule has 0 spiro atoms. The highest BCUT2D eigenvalue weighted by molar-refractivity contribution is 6.44. The third-order valence-electron chi connectivity index (χ3n) is 7.38. The summed E-state index contributed by atoms with van der Waals surface area (Å²) in [4.78, 5) is 43.8. The number of carbonyl (C=O) groups is 3. The van der Waals surface area contributed by atoms with Gasteiger partial charge in [-0.2, -0.15) is 0 Å². The summed E-state index contributed by atoms with van der Waals surface area (Å²) in [5.74, 6) is -0.120. The van der Waals surface area contributed by atoms with Crippen LogP contribution in [0.1, 0.15) is 18.4 Å². The summed E-state index contributed by atoms with van der Waals surface area (Å²) in [6.45, 7) is 2.02. The second-order valence-corrected chi connectivity index (χ2v) is 11.2. The number of hydrogen-bond acceptors (Lipinski definition) is 4. The zero-order valence-corrected chi connectivity index (χ0v) is 24.5. The number of halogens is 3. The van der Waals surface area contributed by atoms with Crippen molar-refractivity contribution < 1.29 is 19.1 Å². The minimum Gasteiger partial charge on any atom is -0.445 e. The Morgan fingerprint density at radius 1 is 0.854 bits per heavy atom. The summed E-state index contributed by atoms with van der Waals surface area (Å²) in [7, 11) is 0. The quantitative estimate of drug-likeness (QED) is 0.343.